The quantitative estimate of drug-likeness (QED) is 0.790. The summed E-state index contributed by atoms with van der Waals surface area (Å²) in [7, 11) is 3.15. The van der Waals surface area contributed by atoms with Crippen LogP contribution in [0.15, 0.2) is 12.1 Å². The number of aryl methyl sites for hydroxylation is 1. The molecule has 0 aliphatic carbocycles. The summed E-state index contributed by atoms with van der Waals surface area (Å²) < 4.78 is 5.10. The number of hydrogen-bond donors (Lipinski definition) is 0. The van der Waals surface area contributed by atoms with E-state index in [4.69, 9.17) is 16.3 Å². The fourth-order valence-electron chi connectivity index (χ4n) is 1.63. The van der Waals surface area contributed by atoms with Gasteiger partial charge in [-0.1, -0.05) is 11.6 Å². The molecule has 0 spiro atoms. The van der Waals surface area contributed by atoms with Gasteiger partial charge in [-0.25, -0.2) is 0 Å². The molecule has 0 radical (unpaired) electrons. The summed E-state index contributed by atoms with van der Waals surface area (Å²) in [5.74, 6) is 0.140. The van der Waals surface area contributed by atoms with Gasteiger partial charge in [0, 0.05) is 12.7 Å². The maximum Gasteiger partial charge on any atom is 0.234 e. The Morgan fingerprint density at radius 2 is 2.00 bits per heavy atom. The fourth-order valence-corrected chi connectivity index (χ4v) is 1.86. The van der Waals surface area contributed by atoms with Crippen molar-refractivity contribution >= 4 is 29.0 Å². The van der Waals surface area contributed by atoms with Crippen LogP contribution in [0.3, 0.4) is 0 Å². The highest BCUT2D eigenvalue weighted by molar-refractivity contribution is 6.32. The Morgan fingerprint density at radius 1 is 1.39 bits per heavy atom. The molecule has 1 aromatic carbocycles. The number of Topliss-reactive ketones (excluding diaryl/α,β-unsaturated/α-hetero) is 1. The second-order valence-corrected chi connectivity index (χ2v) is 4.51. The lowest BCUT2D eigenvalue weighted by Gasteiger charge is -2.20. The van der Waals surface area contributed by atoms with Gasteiger partial charge in [-0.05, 0) is 31.5 Å². The molecule has 0 atom stereocenters. The fraction of sp³-hybridized carbons (Fsp3) is 0.385. The van der Waals surface area contributed by atoms with E-state index in [2.05, 4.69) is 0 Å². The maximum absolute atomic E-state index is 11.8. The van der Waals surface area contributed by atoms with Crippen molar-refractivity contribution in [2.24, 2.45) is 0 Å². The van der Waals surface area contributed by atoms with Crippen LogP contribution in [-0.2, 0) is 9.59 Å². The summed E-state index contributed by atoms with van der Waals surface area (Å²) in [6.07, 6.45) is -0.112. The molecule has 0 unspecified atom stereocenters. The summed E-state index contributed by atoms with van der Waals surface area (Å²) in [4.78, 5) is 24.2. The molecule has 0 N–H and O–H groups in total. The molecule has 0 saturated heterocycles. The normalized spacial score (nSPS) is 10.1. The summed E-state index contributed by atoms with van der Waals surface area (Å²) >= 11 is 6.03. The van der Waals surface area contributed by atoms with Gasteiger partial charge in [-0.3, -0.25) is 9.59 Å². The molecule has 1 amide bonds. The van der Waals surface area contributed by atoms with E-state index < -0.39 is 0 Å². The summed E-state index contributed by atoms with van der Waals surface area (Å²) in [5, 5.41) is 0.431. The van der Waals surface area contributed by atoms with Crippen LogP contribution in [0.25, 0.3) is 0 Å². The molecule has 0 aliphatic rings. The van der Waals surface area contributed by atoms with Gasteiger partial charge >= 0.3 is 0 Å². The maximum atomic E-state index is 11.8. The standard InChI is InChI=1S/C13H16ClNO3/c1-8-5-12(18-4)10(14)7-11(8)15(3)13(17)6-9(2)16/h5,7H,6H2,1-4H3. The van der Waals surface area contributed by atoms with E-state index in [0.29, 0.717) is 16.5 Å². The number of ketones is 1. The monoisotopic (exact) mass is 269 g/mol. The smallest absolute Gasteiger partial charge is 0.234 e. The third-order valence-corrected chi connectivity index (χ3v) is 2.90. The summed E-state index contributed by atoms with van der Waals surface area (Å²) in [6.45, 7) is 3.24. The van der Waals surface area contributed by atoms with Gasteiger partial charge in [0.15, 0.2) is 0 Å². The Balaban J connectivity index is 3.06. The zero-order chi connectivity index (χ0) is 13.9. The molecule has 0 aromatic heterocycles. The minimum atomic E-state index is -0.258. The molecule has 98 valence electrons. The van der Waals surface area contributed by atoms with Crippen LogP contribution in [0.4, 0.5) is 5.69 Å². The first-order chi connectivity index (χ1) is 8.36. The molecule has 0 saturated carbocycles. The Morgan fingerprint density at radius 3 is 2.50 bits per heavy atom. The first-order valence-corrected chi connectivity index (χ1v) is 5.84. The van der Waals surface area contributed by atoms with Crippen molar-refractivity contribution in [1.82, 2.24) is 0 Å². The number of carbonyl (C=O) groups is 2. The van der Waals surface area contributed by atoms with Crippen molar-refractivity contribution < 1.29 is 14.3 Å². The molecule has 5 heteroatoms. The van der Waals surface area contributed by atoms with E-state index in [1.807, 2.05) is 6.92 Å². The second kappa shape index (κ2) is 5.87. The van der Waals surface area contributed by atoms with Crippen molar-refractivity contribution in [3.05, 3.63) is 22.7 Å². The Kier molecular flexibility index (Phi) is 4.73. The predicted molar refractivity (Wildman–Crippen MR) is 71.4 cm³/mol. The van der Waals surface area contributed by atoms with Gasteiger partial charge in [0.1, 0.15) is 11.5 Å². The number of hydrogen-bond acceptors (Lipinski definition) is 3. The Bertz CT molecular complexity index is 485. The van der Waals surface area contributed by atoms with E-state index in [1.54, 1.807) is 19.2 Å². The van der Waals surface area contributed by atoms with Crippen molar-refractivity contribution in [3.63, 3.8) is 0 Å². The minimum Gasteiger partial charge on any atom is -0.495 e. The third-order valence-electron chi connectivity index (χ3n) is 2.61. The zero-order valence-corrected chi connectivity index (χ0v) is 11.7. The van der Waals surface area contributed by atoms with Gasteiger partial charge < -0.3 is 9.64 Å². The minimum absolute atomic E-state index is 0.112. The molecule has 18 heavy (non-hydrogen) atoms. The van der Waals surface area contributed by atoms with Crippen LogP contribution < -0.4 is 9.64 Å². The van der Waals surface area contributed by atoms with Gasteiger partial charge in [-0.15, -0.1) is 0 Å². The van der Waals surface area contributed by atoms with Gasteiger partial charge in [0.2, 0.25) is 5.91 Å². The van der Waals surface area contributed by atoms with Crippen LogP contribution in [0.5, 0.6) is 5.75 Å². The predicted octanol–water partition coefficient (Wildman–Crippen LogP) is 2.60. The lowest BCUT2D eigenvalue weighted by molar-refractivity contribution is -0.125. The molecule has 0 heterocycles. The average Bonchev–Trinajstić information content (AvgIpc) is 2.29. The summed E-state index contributed by atoms with van der Waals surface area (Å²) in [6, 6.07) is 3.42. The molecule has 4 nitrogen and oxygen atoms in total. The lowest BCUT2D eigenvalue weighted by atomic mass is 10.1. The number of rotatable bonds is 4. The molecule has 0 bridgehead atoms. The first kappa shape index (κ1) is 14.5. The van der Waals surface area contributed by atoms with Crippen LogP contribution in [-0.4, -0.2) is 25.8 Å². The number of benzene rings is 1. The number of nitrogens with zero attached hydrogens (tertiary/aromatic N) is 1. The molecule has 1 aromatic rings. The van der Waals surface area contributed by atoms with Crippen molar-refractivity contribution in [2.45, 2.75) is 20.3 Å². The van der Waals surface area contributed by atoms with Gasteiger partial charge in [0.25, 0.3) is 0 Å². The lowest BCUT2D eigenvalue weighted by Crippen LogP contribution is -2.28. The number of anilines is 1. The highest BCUT2D eigenvalue weighted by atomic mass is 35.5. The van der Waals surface area contributed by atoms with Crippen molar-refractivity contribution in [2.75, 3.05) is 19.1 Å². The molecular formula is C13H16ClNO3. The first-order valence-electron chi connectivity index (χ1n) is 5.47. The Labute approximate surface area is 111 Å². The number of ether oxygens (including phenoxy) is 1. The van der Waals surface area contributed by atoms with Crippen LogP contribution in [0, 0.1) is 6.92 Å². The molecule has 0 aliphatic heterocycles. The van der Waals surface area contributed by atoms with Gasteiger partial charge in [0.05, 0.1) is 18.6 Å². The Hall–Kier alpha value is -1.55. The largest absolute Gasteiger partial charge is 0.495 e. The zero-order valence-electron chi connectivity index (χ0n) is 10.9. The highest BCUT2D eigenvalue weighted by Gasteiger charge is 2.16. The highest BCUT2D eigenvalue weighted by Crippen LogP contribution is 2.32. The van der Waals surface area contributed by atoms with E-state index >= 15 is 0 Å². The van der Waals surface area contributed by atoms with Crippen LogP contribution in [0.1, 0.15) is 18.9 Å². The molecule has 0 fully saturated rings. The van der Waals surface area contributed by atoms with Crippen molar-refractivity contribution in [1.29, 1.82) is 0 Å². The number of amides is 1. The van der Waals surface area contributed by atoms with Gasteiger partial charge in [-0.2, -0.15) is 0 Å². The second-order valence-electron chi connectivity index (χ2n) is 4.10. The van der Waals surface area contributed by atoms with E-state index in [0.717, 1.165) is 5.56 Å². The van der Waals surface area contributed by atoms with Crippen molar-refractivity contribution in [3.8, 4) is 5.75 Å². The topological polar surface area (TPSA) is 46.6 Å². The SMILES string of the molecule is COc1cc(C)c(N(C)C(=O)CC(C)=O)cc1Cl. The van der Waals surface area contributed by atoms with Crippen LogP contribution in [0.2, 0.25) is 5.02 Å². The summed E-state index contributed by atoms with van der Waals surface area (Å²) in [5.41, 5.74) is 1.53. The number of halogens is 1. The van der Waals surface area contributed by atoms with E-state index in [1.165, 1.54) is 18.9 Å². The number of carbonyl (C=O) groups excluding carboxylic acids is 2. The van der Waals surface area contributed by atoms with E-state index in [-0.39, 0.29) is 18.1 Å². The average molecular weight is 270 g/mol. The number of methoxy groups -OCH3 is 1. The third kappa shape index (κ3) is 3.23. The molecule has 1 rings (SSSR count). The van der Waals surface area contributed by atoms with Crippen LogP contribution >= 0.6 is 11.6 Å². The van der Waals surface area contributed by atoms with E-state index in [9.17, 15) is 9.59 Å². The molecular weight excluding hydrogens is 254 g/mol.